The molecule has 0 amide bonds. The molecule has 0 radical (unpaired) electrons. The molecule has 0 aromatic rings. The van der Waals surface area contributed by atoms with Crippen LogP contribution in [-0.4, -0.2) is 46.8 Å². The first-order valence-corrected chi connectivity index (χ1v) is 3.76. The molecule has 4 atom stereocenters. The fourth-order valence-electron chi connectivity index (χ4n) is 1.43. The molecule has 0 aliphatic carbocycles. The van der Waals surface area contributed by atoms with E-state index in [-0.39, 0.29) is 25.2 Å². The summed E-state index contributed by atoms with van der Waals surface area (Å²) in [6.45, 7) is 1.44. The second-order valence-electron chi connectivity index (χ2n) is 2.90. The molecule has 0 bridgehead atoms. The van der Waals surface area contributed by atoms with Crippen molar-refractivity contribution in [3.05, 3.63) is 0 Å². The summed E-state index contributed by atoms with van der Waals surface area (Å²) in [7, 11) is 0. The lowest BCUT2D eigenvalue weighted by Crippen LogP contribution is -2.30. The van der Waals surface area contributed by atoms with Crippen molar-refractivity contribution in [3.63, 3.8) is 0 Å². The van der Waals surface area contributed by atoms with Crippen LogP contribution < -0.4 is 0 Å². The summed E-state index contributed by atoms with van der Waals surface area (Å²) in [5, 5.41) is 26.9. The van der Waals surface area contributed by atoms with Crippen LogP contribution in [0, 0.1) is 5.92 Å². The van der Waals surface area contributed by atoms with E-state index >= 15 is 0 Å². The van der Waals surface area contributed by atoms with Gasteiger partial charge in [0.05, 0.1) is 31.5 Å². The molecule has 11 heavy (non-hydrogen) atoms. The van der Waals surface area contributed by atoms with Gasteiger partial charge in [-0.15, -0.1) is 0 Å². The van der Waals surface area contributed by atoms with Gasteiger partial charge in [0, 0.05) is 5.92 Å². The smallest absolute Gasteiger partial charge is 0.0886 e. The molecule has 1 aliphatic heterocycles. The average molecular weight is 162 g/mol. The largest absolute Gasteiger partial charge is 0.396 e. The molecule has 1 heterocycles. The SMILES string of the molecule is C[C@@H]1O[C@H](CO)[C@@H](CO)[C@H]1O. The van der Waals surface area contributed by atoms with Crippen LogP contribution in [0.15, 0.2) is 0 Å². The van der Waals surface area contributed by atoms with Crippen molar-refractivity contribution in [2.75, 3.05) is 13.2 Å². The van der Waals surface area contributed by atoms with Gasteiger partial charge in [-0.1, -0.05) is 0 Å². The van der Waals surface area contributed by atoms with Gasteiger partial charge in [0.1, 0.15) is 0 Å². The minimum absolute atomic E-state index is 0.142. The number of hydrogen-bond acceptors (Lipinski definition) is 4. The maximum Gasteiger partial charge on any atom is 0.0886 e. The number of ether oxygens (including phenoxy) is 1. The Morgan fingerprint density at radius 3 is 2.27 bits per heavy atom. The lowest BCUT2D eigenvalue weighted by atomic mass is 9.98. The maximum absolute atomic E-state index is 9.36. The van der Waals surface area contributed by atoms with Crippen LogP contribution in [0.25, 0.3) is 0 Å². The van der Waals surface area contributed by atoms with E-state index in [2.05, 4.69) is 0 Å². The summed E-state index contributed by atoms with van der Waals surface area (Å²) in [5.74, 6) is -0.338. The Morgan fingerprint density at radius 2 is 1.91 bits per heavy atom. The average Bonchev–Trinajstić information content (AvgIpc) is 2.28. The fraction of sp³-hybridized carbons (Fsp3) is 1.00. The summed E-state index contributed by atoms with van der Waals surface area (Å²) in [6.07, 6.45) is -1.36. The minimum Gasteiger partial charge on any atom is -0.396 e. The lowest BCUT2D eigenvalue weighted by Gasteiger charge is -2.14. The summed E-state index contributed by atoms with van der Waals surface area (Å²) >= 11 is 0. The highest BCUT2D eigenvalue weighted by atomic mass is 16.5. The molecule has 0 unspecified atom stereocenters. The summed E-state index contributed by atoms with van der Waals surface area (Å²) in [5.41, 5.74) is 0. The normalized spacial score (nSPS) is 44.7. The number of rotatable bonds is 2. The minimum atomic E-state index is -0.655. The molecule has 1 saturated heterocycles. The van der Waals surface area contributed by atoms with E-state index < -0.39 is 12.2 Å². The molecule has 0 aromatic carbocycles. The second kappa shape index (κ2) is 3.49. The van der Waals surface area contributed by atoms with E-state index in [0.29, 0.717) is 0 Å². The fourth-order valence-corrected chi connectivity index (χ4v) is 1.43. The Hall–Kier alpha value is -0.160. The van der Waals surface area contributed by atoms with Crippen LogP contribution in [0.1, 0.15) is 6.92 Å². The van der Waals surface area contributed by atoms with Crippen molar-refractivity contribution in [1.82, 2.24) is 0 Å². The van der Waals surface area contributed by atoms with Gasteiger partial charge in [-0.05, 0) is 6.92 Å². The summed E-state index contributed by atoms with van der Waals surface area (Å²) in [4.78, 5) is 0. The zero-order valence-corrected chi connectivity index (χ0v) is 6.47. The first kappa shape index (κ1) is 8.93. The quantitative estimate of drug-likeness (QED) is 0.474. The van der Waals surface area contributed by atoms with Crippen molar-refractivity contribution < 1.29 is 20.1 Å². The highest BCUT2D eigenvalue weighted by Gasteiger charge is 2.40. The monoisotopic (exact) mass is 162 g/mol. The van der Waals surface area contributed by atoms with Gasteiger partial charge in [0.15, 0.2) is 0 Å². The highest BCUT2D eigenvalue weighted by Crippen LogP contribution is 2.25. The predicted octanol–water partition coefficient (Wildman–Crippen LogP) is -1.26. The third-order valence-electron chi connectivity index (χ3n) is 2.18. The van der Waals surface area contributed by atoms with Crippen LogP contribution in [-0.2, 0) is 4.74 Å². The third kappa shape index (κ3) is 1.54. The summed E-state index contributed by atoms with van der Waals surface area (Å²) < 4.78 is 5.17. The van der Waals surface area contributed by atoms with Crippen molar-refractivity contribution in [1.29, 1.82) is 0 Å². The topological polar surface area (TPSA) is 69.9 Å². The lowest BCUT2D eigenvalue weighted by molar-refractivity contribution is -0.00514. The zero-order chi connectivity index (χ0) is 8.43. The van der Waals surface area contributed by atoms with Gasteiger partial charge in [-0.3, -0.25) is 0 Å². The molecule has 0 aromatic heterocycles. The molecule has 0 spiro atoms. The van der Waals surface area contributed by atoms with E-state index in [4.69, 9.17) is 14.9 Å². The van der Waals surface area contributed by atoms with Gasteiger partial charge in [0.2, 0.25) is 0 Å². The van der Waals surface area contributed by atoms with Gasteiger partial charge in [-0.25, -0.2) is 0 Å². The summed E-state index contributed by atoms with van der Waals surface area (Å²) in [6, 6.07) is 0. The molecular formula is C7H14O4. The van der Waals surface area contributed by atoms with Crippen LogP contribution in [0.4, 0.5) is 0 Å². The van der Waals surface area contributed by atoms with E-state index in [1.54, 1.807) is 6.92 Å². The Labute approximate surface area is 65.4 Å². The van der Waals surface area contributed by atoms with Gasteiger partial charge in [0.25, 0.3) is 0 Å². The van der Waals surface area contributed by atoms with Crippen LogP contribution in [0.2, 0.25) is 0 Å². The van der Waals surface area contributed by atoms with Crippen LogP contribution >= 0.6 is 0 Å². The number of hydrogen-bond donors (Lipinski definition) is 3. The zero-order valence-electron chi connectivity index (χ0n) is 6.47. The van der Waals surface area contributed by atoms with Crippen molar-refractivity contribution in [3.8, 4) is 0 Å². The van der Waals surface area contributed by atoms with Crippen molar-refractivity contribution in [2.24, 2.45) is 5.92 Å². The van der Waals surface area contributed by atoms with Crippen LogP contribution in [0.3, 0.4) is 0 Å². The molecule has 3 N–H and O–H groups in total. The van der Waals surface area contributed by atoms with Crippen molar-refractivity contribution >= 4 is 0 Å². The molecule has 1 aliphatic rings. The number of aliphatic hydroxyl groups excluding tert-OH is 3. The Balaban J connectivity index is 2.57. The second-order valence-corrected chi connectivity index (χ2v) is 2.90. The Kier molecular flexibility index (Phi) is 2.84. The maximum atomic E-state index is 9.36. The van der Waals surface area contributed by atoms with E-state index in [1.165, 1.54) is 0 Å². The molecule has 66 valence electrons. The Morgan fingerprint density at radius 1 is 1.27 bits per heavy atom. The van der Waals surface area contributed by atoms with Gasteiger partial charge < -0.3 is 20.1 Å². The van der Waals surface area contributed by atoms with E-state index in [0.717, 1.165) is 0 Å². The molecule has 0 saturated carbocycles. The van der Waals surface area contributed by atoms with Crippen LogP contribution in [0.5, 0.6) is 0 Å². The predicted molar refractivity (Wildman–Crippen MR) is 38.0 cm³/mol. The molecular weight excluding hydrogens is 148 g/mol. The first-order chi connectivity index (χ1) is 5.20. The van der Waals surface area contributed by atoms with E-state index in [9.17, 15) is 5.11 Å². The molecule has 4 heteroatoms. The number of aliphatic hydroxyl groups is 3. The molecule has 4 nitrogen and oxygen atoms in total. The third-order valence-corrected chi connectivity index (χ3v) is 2.18. The Bertz CT molecular complexity index is 128. The van der Waals surface area contributed by atoms with Gasteiger partial charge >= 0.3 is 0 Å². The first-order valence-electron chi connectivity index (χ1n) is 3.76. The van der Waals surface area contributed by atoms with Crippen molar-refractivity contribution in [2.45, 2.75) is 25.2 Å². The van der Waals surface area contributed by atoms with Gasteiger partial charge in [-0.2, -0.15) is 0 Å². The molecule has 1 fully saturated rings. The highest BCUT2D eigenvalue weighted by molar-refractivity contribution is 4.87. The molecule has 1 rings (SSSR count). The standard InChI is InChI=1S/C7H14O4/c1-4-7(10)5(2-8)6(3-9)11-4/h4-10H,2-3H2,1H3/t4-,5+,6+,7-/m0/s1. The van der Waals surface area contributed by atoms with E-state index in [1.807, 2.05) is 0 Å².